The van der Waals surface area contributed by atoms with Crippen molar-refractivity contribution in [2.75, 3.05) is 12.4 Å². The number of pyridine rings is 1. The van der Waals surface area contributed by atoms with Crippen LogP contribution in [0.4, 0.5) is 5.69 Å². The lowest BCUT2D eigenvalue weighted by atomic mass is 9.97. The third-order valence-electron chi connectivity index (χ3n) is 4.97. The van der Waals surface area contributed by atoms with Gasteiger partial charge in [-0.05, 0) is 17.7 Å². The van der Waals surface area contributed by atoms with E-state index in [1.165, 1.54) is 11.3 Å². The molecule has 0 atom stereocenters. The number of fused-ring (bicyclic) bond motifs is 3. The number of benzene rings is 2. The predicted octanol–water partition coefficient (Wildman–Crippen LogP) is 5.16. The molecule has 0 spiro atoms. The Morgan fingerprint density at radius 3 is 2.55 bits per heavy atom. The van der Waals surface area contributed by atoms with E-state index in [0.717, 1.165) is 27.8 Å². The highest BCUT2D eigenvalue weighted by atomic mass is 32.1. The maximum atomic E-state index is 12.5. The zero-order chi connectivity index (χ0) is 20.0. The Labute approximate surface area is 171 Å². The summed E-state index contributed by atoms with van der Waals surface area (Å²) in [5.74, 6) is 0.256. The number of rotatable bonds is 3. The molecule has 2 aromatic carbocycles. The predicted molar refractivity (Wildman–Crippen MR) is 115 cm³/mol. The standard InChI is InChI=1S/C23H16N2O3S/c1-28-18-10-6-5-9-14(18)15-11-16(13-7-3-2-4-8-13)24-23-20(15)21-22(29-23)17(26)12-19(27)25-21/h2-11H,12H2,1H3,(H,25,27). The molecule has 3 heterocycles. The van der Waals surface area contributed by atoms with Crippen molar-refractivity contribution in [3.8, 4) is 28.1 Å². The van der Waals surface area contributed by atoms with Gasteiger partial charge in [-0.15, -0.1) is 11.3 Å². The van der Waals surface area contributed by atoms with Crippen LogP contribution in [0, 0.1) is 0 Å². The summed E-state index contributed by atoms with van der Waals surface area (Å²) in [6, 6.07) is 19.6. The van der Waals surface area contributed by atoms with Crippen LogP contribution in [0.5, 0.6) is 5.75 Å². The van der Waals surface area contributed by atoms with E-state index in [0.29, 0.717) is 21.1 Å². The number of nitrogens with zero attached hydrogens (tertiary/aromatic N) is 1. The second kappa shape index (κ2) is 6.83. The van der Waals surface area contributed by atoms with Crippen molar-refractivity contribution in [1.29, 1.82) is 0 Å². The maximum Gasteiger partial charge on any atom is 0.232 e. The summed E-state index contributed by atoms with van der Waals surface area (Å²) in [5.41, 5.74) is 4.09. The number of anilines is 1. The highest BCUT2D eigenvalue weighted by Gasteiger charge is 2.30. The van der Waals surface area contributed by atoms with Crippen LogP contribution in [0.2, 0.25) is 0 Å². The molecule has 0 aliphatic carbocycles. The lowest BCUT2D eigenvalue weighted by molar-refractivity contribution is -0.115. The number of hydrogen-bond donors (Lipinski definition) is 1. The van der Waals surface area contributed by atoms with Crippen LogP contribution in [0.25, 0.3) is 32.6 Å². The first kappa shape index (κ1) is 17.6. The molecule has 0 unspecified atom stereocenters. The number of thiophene rings is 1. The summed E-state index contributed by atoms with van der Waals surface area (Å²) < 4.78 is 5.59. The van der Waals surface area contributed by atoms with E-state index in [2.05, 4.69) is 5.32 Å². The summed E-state index contributed by atoms with van der Waals surface area (Å²) in [5, 5.41) is 3.66. The van der Waals surface area contributed by atoms with Crippen molar-refractivity contribution in [2.45, 2.75) is 6.42 Å². The minimum atomic E-state index is -0.291. The molecule has 6 heteroatoms. The third kappa shape index (κ3) is 2.89. The van der Waals surface area contributed by atoms with E-state index >= 15 is 0 Å². The molecule has 1 N–H and O–H groups in total. The van der Waals surface area contributed by atoms with Gasteiger partial charge in [-0.3, -0.25) is 9.59 Å². The topological polar surface area (TPSA) is 68.3 Å². The number of carbonyl (C=O) groups excluding carboxylic acids is 2. The number of methoxy groups -OCH3 is 1. The second-order valence-electron chi connectivity index (χ2n) is 6.76. The number of nitrogens with one attached hydrogen (secondary N) is 1. The van der Waals surface area contributed by atoms with Gasteiger partial charge < -0.3 is 10.1 Å². The largest absolute Gasteiger partial charge is 0.496 e. The molecule has 1 amide bonds. The van der Waals surface area contributed by atoms with Crippen molar-refractivity contribution >= 4 is 38.9 Å². The average molecular weight is 400 g/mol. The van der Waals surface area contributed by atoms with Gasteiger partial charge in [0.25, 0.3) is 0 Å². The van der Waals surface area contributed by atoms with Gasteiger partial charge in [-0.25, -0.2) is 4.98 Å². The van der Waals surface area contributed by atoms with Gasteiger partial charge in [0.2, 0.25) is 5.91 Å². The molecule has 29 heavy (non-hydrogen) atoms. The minimum absolute atomic E-state index is 0.130. The summed E-state index contributed by atoms with van der Waals surface area (Å²) in [6.45, 7) is 0. The number of aromatic nitrogens is 1. The Balaban J connectivity index is 1.87. The molecule has 2 aromatic heterocycles. The summed E-state index contributed by atoms with van der Waals surface area (Å²) in [7, 11) is 1.63. The number of carbonyl (C=O) groups is 2. The summed E-state index contributed by atoms with van der Waals surface area (Å²) in [6.07, 6.45) is -0.130. The molecule has 1 aliphatic heterocycles. The summed E-state index contributed by atoms with van der Waals surface area (Å²) in [4.78, 5) is 30.6. The fraction of sp³-hybridized carbons (Fsp3) is 0.0870. The fourth-order valence-corrected chi connectivity index (χ4v) is 4.75. The molecule has 142 valence electrons. The molecule has 0 saturated carbocycles. The van der Waals surface area contributed by atoms with Crippen molar-refractivity contribution in [1.82, 2.24) is 4.98 Å². The molecule has 0 radical (unpaired) electrons. The van der Waals surface area contributed by atoms with E-state index in [1.54, 1.807) is 7.11 Å². The van der Waals surface area contributed by atoms with Crippen molar-refractivity contribution < 1.29 is 14.3 Å². The van der Waals surface area contributed by atoms with Crippen molar-refractivity contribution in [2.24, 2.45) is 0 Å². The van der Waals surface area contributed by atoms with Crippen LogP contribution >= 0.6 is 11.3 Å². The fourth-order valence-electron chi connectivity index (χ4n) is 3.66. The highest BCUT2D eigenvalue weighted by molar-refractivity contribution is 7.21. The monoisotopic (exact) mass is 400 g/mol. The van der Waals surface area contributed by atoms with Gasteiger partial charge in [0.05, 0.1) is 29.8 Å². The SMILES string of the molecule is COc1ccccc1-c1cc(-c2ccccc2)nc2sc3c(c12)NC(=O)CC3=O. The van der Waals surface area contributed by atoms with Crippen LogP contribution in [0.15, 0.2) is 60.7 Å². The number of ketones is 1. The zero-order valence-electron chi connectivity index (χ0n) is 15.6. The van der Waals surface area contributed by atoms with E-state index in [-0.39, 0.29) is 18.1 Å². The van der Waals surface area contributed by atoms with Gasteiger partial charge in [0.15, 0.2) is 5.78 Å². The van der Waals surface area contributed by atoms with E-state index in [1.807, 2.05) is 60.7 Å². The van der Waals surface area contributed by atoms with Gasteiger partial charge in [-0.2, -0.15) is 0 Å². The Morgan fingerprint density at radius 2 is 1.76 bits per heavy atom. The van der Waals surface area contributed by atoms with E-state index < -0.39 is 0 Å². The Hall–Kier alpha value is -3.51. The highest BCUT2D eigenvalue weighted by Crippen LogP contribution is 2.46. The lowest BCUT2D eigenvalue weighted by Crippen LogP contribution is -2.22. The lowest BCUT2D eigenvalue weighted by Gasteiger charge is -2.15. The molecule has 5 rings (SSSR count). The van der Waals surface area contributed by atoms with Crippen LogP contribution < -0.4 is 10.1 Å². The molecule has 5 nitrogen and oxygen atoms in total. The van der Waals surface area contributed by atoms with Crippen LogP contribution in [-0.2, 0) is 4.79 Å². The minimum Gasteiger partial charge on any atom is -0.496 e. The number of para-hydroxylation sites is 1. The van der Waals surface area contributed by atoms with Crippen LogP contribution in [0.1, 0.15) is 16.1 Å². The Bertz CT molecular complexity index is 1280. The first-order chi connectivity index (χ1) is 14.2. The Morgan fingerprint density at radius 1 is 1.00 bits per heavy atom. The van der Waals surface area contributed by atoms with E-state index in [9.17, 15) is 9.59 Å². The Kier molecular flexibility index (Phi) is 4.14. The maximum absolute atomic E-state index is 12.5. The molecule has 4 aromatic rings. The third-order valence-corrected chi connectivity index (χ3v) is 6.09. The molecular formula is C23H16N2O3S. The van der Waals surface area contributed by atoms with Crippen molar-refractivity contribution in [3.05, 3.63) is 65.5 Å². The number of amides is 1. The van der Waals surface area contributed by atoms with Crippen LogP contribution in [0.3, 0.4) is 0 Å². The normalized spacial score (nSPS) is 13.3. The second-order valence-corrected chi connectivity index (χ2v) is 7.75. The molecule has 0 saturated heterocycles. The summed E-state index contributed by atoms with van der Waals surface area (Å²) >= 11 is 1.32. The molecule has 0 bridgehead atoms. The zero-order valence-corrected chi connectivity index (χ0v) is 16.4. The van der Waals surface area contributed by atoms with Gasteiger partial charge >= 0.3 is 0 Å². The van der Waals surface area contributed by atoms with Crippen molar-refractivity contribution in [3.63, 3.8) is 0 Å². The first-order valence-electron chi connectivity index (χ1n) is 9.15. The van der Waals surface area contributed by atoms with Gasteiger partial charge in [0, 0.05) is 16.5 Å². The molecule has 1 aliphatic rings. The number of ether oxygens (including phenoxy) is 1. The first-order valence-corrected chi connectivity index (χ1v) is 9.97. The molecular weight excluding hydrogens is 384 g/mol. The quantitative estimate of drug-likeness (QED) is 0.482. The number of Topliss-reactive ketones (excluding diaryl/α,β-unsaturated/α-hetero) is 1. The molecule has 0 fully saturated rings. The van der Waals surface area contributed by atoms with Gasteiger partial charge in [0.1, 0.15) is 10.6 Å². The average Bonchev–Trinajstić information content (AvgIpc) is 3.12. The van der Waals surface area contributed by atoms with E-state index in [4.69, 9.17) is 9.72 Å². The number of hydrogen-bond acceptors (Lipinski definition) is 5. The smallest absolute Gasteiger partial charge is 0.232 e. The van der Waals surface area contributed by atoms with Crippen LogP contribution in [-0.4, -0.2) is 23.8 Å². The van der Waals surface area contributed by atoms with Gasteiger partial charge in [-0.1, -0.05) is 48.5 Å².